The molecule has 1 aromatic carbocycles. The Bertz CT molecular complexity index is 427. The second-order valence-corrected chi connectivity index (χ2v) is 6.11. The summed E-state index contributed by atoms with van der Waals surface area (Å²) in [6, 6.07) is 4.41. The molecule has 1 nitrogen and oxygen atoms in total. The van der Waals surface area contributed by atoms with Crippen molar-refractivity contribution in [3.05, 3.63) is 28.8 Å². The molecule has 0 bridgehead atoms. The quantitative estimate of drug-likeness (QED) is 0.711. The molecular formula is C15H21ClO. The van der Waals surface area contributed by atoms with Crippen LogP contribution in [-0.4, -0.2) is 12.5 Å². The third-order valence-corrected chi connectivity index (χ3v) is 4.58. The van der Waals surface area contributed by atoms with Crippen molar-refractivity contribution in [2.24, 2.45) is 0 Å². The molecule has 17 heavy (non-hydrogen) atoms. The number of hydrogen-bond donors (Lipinski definition) is 0. The SMILES string of the molecule is COc1c(C2(C)CCC(Cl)C2)ccc(C)c1C. The fourth-order valence-corrected chi connectivity index (χ4v) is 3.39. The van der Waals surface area contributed by atoms with E-state index in [-0.39, 0.29) is 5.41 Å². The maximum absolute atomic E-state index is 6.27. The zero-order valence-electron chi connectivity index (χ0n) is 11.1. The summed E-state index contributed by atoms with van der Waals surface area (Å²) in [6.07, 6.45) is 3.31. The molecular weight excluding hydrogens is 232 g/mol. The van der Waals surface area contributed by atoms with E-state index in [2.05, 4.69) is 32.9 Å². The van der Waals surface area contributed by atoms with Gasteiger partial charge in [-0.15, -0.1) is 11.6 Å². The first-order chi connectivity index (χ1) is 7.98. The number of rotatable bonds is 2. The molecule has 2 heteroatoms. The summed E-state index contributed by atoms with van der Waals surface area (Å²) in [5.41, 5.74) is 4.04. The van der Waals surface area contributed by atoms with E-state index in [1.54, 1.807) is 7.11 Å². The van der Waals surface area contributed by atoms with Crippen LogP contribution in [0.5, 0.6) is 5.75 Å². The Morgan fingerprint density at radius 3 is 2.59 bits per heavy atom. The molecule has 1 aliphatic rings. The van der Waals surface area contributed by atoms with Crippen molar-refractivity contribution >= 4 is 11.6 Å². The molecule has 2 rings (SSSR count). The Labute approximate surface area is 109 Å². The van der Waals surface area contributed by atoms with Crippen molar-refractivity contribution in [3.8, 4) is 5.75 Å². The van der Waals surface area contributed by atoms with Crippen molar-refractivity contribution in [1.82, 2.24) is 0 Å². The van der Waals surface area contributed by atoms with Gasteiger partial charge in [-0.05, 0) is 49.7 Å². The van der Waals surface area contributed by atoms with Crippen molar-refractivity contribution in [3.63, 3.8) is 0 Å². The summed E-state index contributed by atoms with van der Waals surface area (Å²) in [5.74, 6) is 1.05. The zero-order valence-corrected chi connectivity index (χ0v) is 11.9. The lowest BCUT2D eigenvalue weighted by Crippen LogP contribution is -2.19. The van der Waals surface area contributed by atoms with Crippen LogP contribution in [0.3, 0.4) is 0 Å². The first kappa shape index (κ1) is 12.8. The number of halogens is 1. The maximum Gasteiger partial charge on any atom is 0.125 e. The summed E-state index contributed by atoms with van der Waals surface area (Å²) in [4.78, 5) is 0. The van der Waals surface area contributed by atoms with Crippen molar-refractivity contribution in [2.75, 3.05) is 7.11 Å². The number of hydrogen-bond acceptors (Lipinski definition) is 1. The summed E-state index contributed by atoms with van der Waals surface area (Å²) in [7, 11) is 1.77. The van der Waals surface area contributed by atoms with Gasteiger partial charge in [0.25, 0.3) is 0 Å². The largest absolute Gasteiger partial charge is 0.496 e. The monoisotopic (exact) mass is 252 g/mol. The number of benzene rings is 1. The predicted octanol–water partition coefficient (Wildman–Crippen LogP) is 4.36. The molecule has 2 unspecified atom stereocenters. The Morgan fingerprint density at radius 1 is 1.35 bits per heavy atom. The predicted molar refractivity (Wildman–Crippen MR) is 73.3 cm³/mol. The molecule has 0 saturated heterocycles. The van der Waals surface area contributed by atoms with Gasteiger partial charge in [-0.2, -0.15) is 0 Å². The lowest BCUT2D eigenvalue weighted by Gasteiger charge is -2.28. The second-order valence-electron chi connectivity index (χ2n) is 5.49. The van der Waals surface area contributed by atoms with E-state index < -0.39 is 0 Å². The van der Waals surface area contributed by atoms with Gasteiger partial charge >= 0.3 is 0 Å². The number of ether oxygens (including phenoxy) is 1. The minimum absolute atomic E-state index is 0.177. The Morgan fingerprint density at radius 2 is 2.06 bits per heavy atom. The lowest BCUT2D eigenvalue weighted by atomic mass is 9.79. The number of alkyl halides is 1. The summed E-state index contributed by atoms with van der Waals surface area (Å²) < 4.78 is 5.63. The molecule has 0 aliphatic heterocycles. The van der Waals surface area contributed by atoms with E-state index in [4.69, 9.17) is 16.3 Å². The van der Waals surface area contributed by atoms with E-state index in [0.717, 1.165) is 25.0 Å². The average molecular weight is 253 g/mol. The molecule has 1 fully saturated rings. The standard InChI is InChI=1S/C15H21ClO/c1-10-5-6-13(14(17-4)11(10)2)15(3)8-7-12(16)9-15/h5-6,12H,7-9H2,1-4H3. The minimum atomic E-state index is 0.177. The molecule has 2 atom stereocenters. The Balaban J connectivity index is 2.49. The average Bonchev–Trinajstić information content (AvgIpc) is 2.63. The van der Waals surface area contributed by atoms with Gasteiger partial charge in [-0.25, -0.2) is 0 Å². The highest BCUT2D eigenvalue weighted by Crippen LogP contribution is 2.47. The van der Waals surface area contributed by atoms with Gasteiger partial charge < -0.3 is 4.74 Å². The van der Waals surface area contributed by atoms with Crippen LogP contribution in [0.25, 0.3) is 0 Å². The topological polar surface area (TPSA) is 9.23 Å². The highest BCUT2D eigenvalue weighted by molar-refractivity contribution is 6.20. The van der Waals surface area contributed by atoms with Crippen LogP contribution < -0.4 is 4.74 Å². The van der Waals surface area contributed by atoms with Crippen molar-refractivity contribution in [2.45, 2.75) is 50.8 Å². The Hall–Kier alpha value is -0.690. The highest BCUT2D eigenvalue weighted by atomic mass is 35.5. The van der Waals surface area contributed by atoms with Gasteiger partial charge in [-0.3, -0.25) is 0 Å². The van der Waals surface area contributed by atoms with Crippen LogP contribution in [0.1, 0.15) is 42.9 Å². The third-order valence-electron chi connectivity index (χ3n) is 4.21. The van der Waals surface area contributed by atoms with Gasteiger partial charge in [0.2, 0.25) is 0 Å². The third kappa shape index (κ3) is 2.18. The zero-order chi connectivity index (χ0) is 12.6. The van der Waals surface area contributed by atoms with E-state index in [1.165, 1.54) is 16.7 Å². The molecule has 1 saturated carbocycles. The number of aryl methyl sites for hydroxylation is 1. The van der Waals surface area contributed by atoms with Gasteiger partial charge in [-0.1, -0.05) is 19.1 Å². The summed E-state index contributed by atoms with van der Waals surface area (Å²) >= 11 is 6.27. The lowest BCUT2D eigenvalue weighted by molar-refractivity contribution is 0.383. The molecule has 94 valence electrons. The van der Waals surface area contributed by atoms with E-state index in [1.807, 2.05) is 0 Å². The van der Waals surface area contributed by atoms with Crippen LogP contribution in [0, 0.1) is 13.8 Å². The van der Waals surface area contributed by atoms with Crippen LogP contribution in [0.15, 0.2) is 12.1 Å². The molecule has 0 heterocycles. The van der Waals surface area contributed by atoms with Crippen molar-refractivity contribution < 1.29 is 4.74 Å². The molecule has 0 radical (unpaired) electrons. The second kappa shape index (κ2) is 4.53. The summed E-state index contributed by atoms with van der Waals surface area (Å²) in [5, 5.41) is 0.311. The fraction of sp³-hybridized carbons (Fsp3) is 0.600. The Kier molecular flexibility index (Phi) is 3.40. The fourth-order valence-electron chi connectivity index (χ4n) is 2.94. The van der Waals surface area contributed by atoms with E-state index >= 15 is 0 Å². The first-order valence-electron chi connectivity index (χ1n) is 6.26. The van der Waals surface area contributed by atoms with Crippen LogP contribution in [-0.2, 0) is 5.41 Å². The van der Waals surface area contributed by atoms with Gasteiger partial charge in [0, 0.05) is 10.9 Å². The maximum atomic E-state index is 6.27. The minimum Gasteiger partial charge on any atom is -0.496 e. The van der Waals surface area contributed by atoms with Crippen LogP contribution >= 0.6 is 11.6 Å². The summed E-state index contributed by atoms with van der Waals surface area (Å²) in [6.45, 7) is 6.57. The molecule has 0 N–H and O–H groups in total. The molecule has 0 spiro atoms. The molecule has 0 aromatic heterocycles. The number of methoxy groups -OCH3 is 1. The first-order valence-corrected chi connectivity index (χ1v) is 6.70. The van der Waals surface area contributed by atoms with Gasteiger partial charge in [0.05, 0.1) is 7.11 Å². The van der Waals surface area contributed by atoms with Crippen molar-refractivity contribution in [1.29, 1.82) is 0 Å². The highest BCUT2D eigenvalue weighted by Gasteiger charge is 2.38. The van der Waals surface area contributed by atoms with Crippen LogP contribution in [0.2, 0.25) is 0 Å². The van der Waals surface area contributed by atoms with E-state index in [0.29, 0.717) is 5.38 Å². The van der Waals surface area contributed by atoms with E-state index in [9.17, 15) is 0 Å². The molecule has 1 aliphatic carbocycles. The molecule has 0 amide bonds. The van der Waals surface area contributed by atoms with Crippen LogP contribution in [0.4, 0.5) is 0 Å². The molecule has 1 aromatic rings. The van der Waals surface area contributed by atoms with Gasteiger partial charge in [0.15, 0.2) is 0 Å². The van der Waals surface area contributed by atoms with Gasteiger partial charge in [0.1, 0.15) is 5.75 Å². The normalized spacial score (nSPS) is 28.4. The smallest absolute Gasteiger partial charge is 0.125 e.